The summed E-state index contributed by atoms with van der Waals surface area (Å²) < 4.78 is 0. The van der Waals surface area contributed by atoms with Gasteiger partial charge in [0, 0.05) is 18.0 Å². The highest BCUT2D eigenvalue weighted by Crippen LogP contribution is 2.23. The first-order chi connectivity index (χ1) is 9.99. The summed E-state index contributed by atoms with van der Waals surface area (Å²) in [6, 6.07) is 3.79. The van der Waals surface area contributed by atoms with E-state index < -0.39 is 11.9 Å². The molecule has 21 heavy (non-hydrogen) atoms. The second-order valence-corrected chi connectivity index (χ2v) is 6.06. The summed E-state index contributed by atoms with van der Waals surface area (Å²) in [5.41, 5.74) is 0. The van der Waals surface area contributed by atoms with Gasteiger partial charge in [0.25, 0.3) is 0 Å². The van der Waals surface area contributed by atoms with Crippen molar-refractivity contribution in [3.05, 3.63) is 22.4 Å². The highest BCUT2D eigenvalue weighted by Gasteiger charge is 2.22. The minimum Gasteiger partial charge on any atom is -0.481 e. The molecule has 5 nitrogen and oxygen atoms in total. The van der Waals surface area contributed by atoms with Gasteiger partial charge in [-0.15, -0.1) is 11.3 Å². The van der Waals surface area contributed by atoms with Crippen LogP contribution in [0.2, 0.25) is 0 Å². The Morgan fingerprint density at radius 2 is 2.14 bits per heavy atom. The Morgan fingerprint density at radius 3 is 2.62 bits per heavy atom. The normalized spacial score (nSPS) is 13.5. The molecule has 2 atom stereocenters. The number of carboxylic acids is 1. The van der Waals surface area contributed by atoms with Gasteiger partial charge in [0.05, 0.1) is 12.0 Å². The molecule has 1 heterocycles. The summed E-state index contributed by atoms with van der Waals surface area (Å²) in [5.74, 6) is -1.45. The largest absolute Gasteiger partial charge is 0.481 e. The van der Waals surface area contributed by atoms with Gasteiger partial charge in [-0.05, 0) is 24.8 Å². The highest BCUT2D eigenvalue weighted by molar-refractivity contribution is 7.10. The summed E-state index contributed by atoms with van der Waals surface area (Å²) in [6.45, 7) is 6.26. The number of carbonyl (C=O) groups is 2. The van der Waals surface area contributed by atoms with Gasteiger partial charge in [0.1, 0.15) is 0 Å². The van der Waals surface area contributed by atoms with Gasteiger partial charge in [-0.25, -0.2) is 4.79 Å². The molecule has 118 valence electrons. The maximum atomic E-state index is 12.3. The van der Waals surface area contributed by atoms with E-state index in [1.165, 1.54) is 0 Å². The van der Waals surface area contributed by atoms with E-state index in [1.54, 1.807) is 23.2 Å². The van der Waals surface area contributed by atoms with E-state index in [0.717, 1.165) is 17.7 Å². The fourth-order valence-corrected chi connectivity index (χ4v) is 2.88. The monoisotopic (exact) mass is 312 g/mol. The quantitative estimate of drug-likeness (QED) is 0.773. The Labute approximate surface area is 130 Å². The summed E-state index contributed by atoms with van der Waals surface area (Å²) in [7, 11) is 0. The van der Waals surface area contributed by atoms with Gasteiger partial charge >= 0.3 is 12.0 Å². The SMILES string of the molecule is CCCC(NC(=O)N(CC)CC(C)C(=O)O)c1cccs1. The molecule has 2 N–H and O–H groups in total. The second kappa shape index (κ2) is 8.67. The number of hydrogen-bond donors (Lipinski definition) is 2. The maximum Gasteiger partial charge on any atom is 0.317 e. The third-order valence-corrected chi connectivity index (χ3v) is 4.33. The first kappa shape index (κ1) is 17.5. The van der Waals surface area contributed by atoms with Gasteiger partial charge < -0.3 is 15.3 Å². The van der Waals surface area contributed by atoms with Crippen LogP contribution in [0.25, 0.3) is 0 Å². The number of aliphatic carboxylic acids is 1. The zero-order chi connectivity index (χ0) is 15.8. The van der Waals surface area contributed by atoms with Gasteiger partial charge in [0.2, 0.25) is 0 Å². The van der Waals surface area contributed by atoms with E-state index in [2.05, 4.69) is 12.2 Å². The average Bonchev–Trinajstić information content (AvgIpc) is 2.97. The first-order valence-corrected chi connectivity index (χ1v) is 8.19. The fourth-order valence-electron chi connectivity index (χ4n) is 2.07. The van der Waals surface area contributed by atoms with Gasteiger partial charge in [-0.2, -0.15) is 0 Å². The standard InChI is InChI=1S/C15H24N2O3S/c1-4-7-12(13-8-6-9-21-13)16-15(20)17(5-2)10-11(3)14(18)19/h6,8-9,11-12H,4-5,7,10H2,1-3H3,(H,16,20)(H,18,19). The molecule has 1 aromatic heterocycles. The van der Waals surface area contributed by atoms with Crippen molar-refractivity contribution in [2.75, 3.05) is 13.1 Å². The van der Waals surface area contributed by atoms with Crippen LogP contribution in [0.1, 0.15) is 44.5 Å². The van der Waals surface area contributed by atoms with Crippen molar-refractivity contribution in [1.29, 1.82) is 0 Å². The molecular formula is C15H24N2O3S. The number of hydrogen-bond acceptors (Lipinski definition) is 3. The number of amides is 2. The fraction of sp³-hybridized carbons (Fsp3) is 0.600. The van der Waals surface area contributed by atoms with Crippen molar-refractivity contribution in [3.8, 4) is 0 Å². The smallest absolute Gasteiger partial charge is 0.317 e. The Bertz CT molecular complexity index is 448. The van der Waals surface area contributed by atoms with Gasteiger partial charge in [0.15, 0.2) is 0 Å². The van der Waals surface area contributed by atoms with Crippen LogP contribution in [0.3, 0.4) is 0 Å². The van der Waals surface area contributed by atoms with E-state index >= 15 is 0 Å². The molecule has 0 aliphatic carbocycles. The lowest BCUT2D eigenvalue weighted by atomic mass is 10.1. The minimum absolute atomic E-state index is 0.00307. The summed E-state index contributed by atoms with van der Waals surface area (Å²) in [4.78, 5) is 25.9. The van der Waals surface area contributed by atoms with Crippen LogP contribution in [0.15, 0.2) is 17.5 Å². The van der Waals surface area contributed by atoms with Crippen LogP contribution in [0.4, 0.5) is 4.79 Å². The Kier molecular flexibility index (Phi) is 7.22. The molecule has 0 aliphatic heterocycles. The van der Waals surface area contributed by atoms with Crippen molar-refractivity contribution < 1.29 is 14.7 Å². The second-order valence-electron chi connectivity index (χ2n) is 5.08. The molecule has 2 amide bonds. The van der Waals surface area contributed by atoms with E-state index in [4.69, 9.17) is 5.11 Å². The van der Waals surface area contributed by atoms with Crippen LogP contribution in [0, 0.1) is 5.92 Å². The van der Waals surface area contributed by atoms with Crippen LogP contribution in [-0.2, 0) is 4.79 Å². The highest BCUT2D eigenvalue weighted by atomic mass is 32.1. The number of carbonyl (C=O) groups excluding carboxylic acids is 1. The van der Waals surface area contributed by atoms with Crippen molar-refractivity contribution in [3.63, 3.8) is 0 Å². The van der Waals surface area contributed by atoms with E-state index in [-0.39, 0.29) is 18.6 Å². The molecule has 0 saturated heterocycles. The molecule has 1 aromatic rings. The van der Waals surface area contributed by atoms with Crippen LogP contribution < -0.4 is 5.32 Å². The molecule has 0 radical (unpaired) electrons. The molecule has 2 unspecified atom stereocenters. The third kappa shape index (κ3) is 5.38. The molecule has 0 bridgehead atoms. The van der Waals surface area contributed by atoms with E-state index in [0.29, 0.717) is 6.54 Å². The zero-order valence-electron chi connectivity index (χ0n) is 12.8. The van der Waals surface area contributed by atoms with Gasteiger partial charge in [-0.1, -0.05) is 26.3 Å². The van der Waals surface area contributed by atoms with E-state index in [1.807, 2.05) is 24.4 Å². The topological polar surface area (TPSA) is 69.6 Å². The third-order valence-electron chi connectivity index (χ3n) is 3.35. The maximum absolute atomic E-state index is 12.3. The van der Waals surface area contributed by atoms with Crippen molar-refractivity contribution in [1.82, 2.24) is 10.2 Å². The van der Waals surface area contributed by atoms with E-state index in [9.17, 15) is 9.59 Å². The number of nitrogens with one attached hydrogen (secondary N) is 1. The summed E-state index contributed by atoms with van der Waals surface area (Å²) >= 11 is 1.62. The lowest BCUT2D eigenvalue weighted by molar-refractivity contribution is -0.141. The van der Waals surface area contributed by atoms with Gasteiger partial charge in [-0.3, -0.25) is 4.79 Å². The van der Waals surface area contributed by atoms with Crippen LogP contribution >= 0.6 is 11.3 Å². The average molecular weight is 312 g/mol. The predicted molar refractivity (Wildman–Crippen MR) is 84.5 cm³/mol. The molecule has 6 heteroatoms. The number of urea groups is 1. The van der Waals surface area contributed by atoms with Crippen molar-refractivity contribution in [2.24, 2.45) is 5.92 Å². The van der Waals surface area contributed by atoms with Crippen LogP contribution in [-0.4, -0.2) is 35.1 Å². The number of carboxylic acid groups (broad SMARTS) is 1. The molecule has 0 aliphatic rings. The Morgan fingerprint density at radius 1 is 1.43 bits per heavy atom. The zero-order valence-corrected chi connectivity index (χ0v) is 13.7. The molecule has 0 fully saturated rings. The Hall–Kier alpha value is -1.56. The number of nitrogens with zero attached hydrogens (tertiary/aromatic N) is 1. The molecule has 0 saturated carbocycles. The molecular weight excluding hydrogens is 288 g/mol. The summed E-state index contributed by atoms with van der Waals surface area (Å²) in [5, 5.41) is 14.0. The van der Waals surface area contributed by atoms with Crippen molar-refractivity contribution in [2.45, 2.75) is 39.7 Å². The summed E-state index contributed by atoms with van der Waals surface area (Å²) in [6.07, 6.45) is 1.85. The minimum atomic E-state index is -0.885. The lowest BCUT2D eigenvalue weighted by Gasteiger charge is -2.26. The predicted octanol–water partition coefficient (Wildman–Crippen LogP) is 3.34. The number of thiophene rings is 1. The molecule has 1 rings (SSSR count). The van der Waals surface area contributed by atoms with Crippen molar-refractivity contribution >= 4 is 23.3 Å². The number of rotatable bonds is 8. The Balaban J connectivity index is 2.68. The molecule has 0 aromatic carbocycles. The lowest BCUT2D eigenvalue weighted by Crippen LogP contribution is -2.44. The first-order valence-electron chi connectivity index (χ1n) is 7.31. The van der Waals surface area contributed by atoms with Crippen LogP contribution in [0.5, 0.6) is 0 Å². The molecule has 0 spiro atoms.